The number of rotatable bonds is 7. The van der Waals surface area contributed by atoms with Gasteiger partial charge in [-0.05, 0) is 29.5 Å². The van der Waals surface area contributed by atoms with Gasteiger partial charge >= 0.3 is 5.97 Å². The van der Waals surface area contributed by atoms with Crippen molar-refractivity contribution in [2.75, 3.05) is 6.61 Å². The average molecular weight is 471 g/mol. The maximum atomic E-state index is 13.1. The van der Waals surface area contributed by atoms with Gasteiger partial charge in [0.15, 0.2) is 0 Å². The first-order chi connectivity index (χ1) is 16.6. The Morgan fingerprint density at radius 1 is 1.00 bits per heavy atom. The van der Waals surface area contributed by atoms with Crippen molar-refractivity contribution in [1.29, 1.82) is 0 Å². The van der Waals surface area contributed by atoms with Crippen LogP contribution in [0.25, 0.3) is 21.0 Å². The smallest absolute Gasteiger partial charge is 0.349 e. The van der Waals surface area contributed by atoms with Gasteiger partial charge in [-0.3, -0.25) is 9.36 Å². The Morgan fingerprint density at radius 3 is 2.62 bits per heavy atom. The quantitative estimate of drug-likeness (QED) is 0.300. The molecule has 0 aliphatic carbocycles. The third-order valence-corrected chi connectivity index (χ3v) is 6.83. The number of fused-ring (bicyclic) bond motifs is 2. The summed E-state index contributed by atoms with van der Waals surface area (Å²) in [5.41, 5.74) is 1.31. The van der Waals surface area contributed by atoms with E-state index in [1.807, 2.05) is 72.8 Å². The van der Waals surface area contributed by atoms with Gasteiger partial charge in [-0.15, -0.1) is 11.3 Å². The van der Waals surface area contributed by atoms with E-state index in [2.05, 4.69) is 4.98 Å². The van der Waals surface area contributed by atoms with Crippen molar-refractivity contribution in [3.63, 3.8) is 0 Å². The molecule has 0 bridgehead atoms. The summed E-state index contributed by atoms with van der Waals surface area (Å²) >= 11 is 1.18. The van der Waals surface area contributed by atoms with E-state index in [0.29, 0.717) is 33.8 Å². The maximum absolute atomic E-state index is 13.1. The van der Waals surface area contributed by atoms with Gasteiger partial charge < -0.3 is 9.47 Å². The highest BCUT2D eigenvalue weighted by Crippen LogP contribution is 2.28. The number of thiophene rings is 1. The van der Waals surface area contributed by atoms with Crippen LogP contribution in [0.2, 0.25) is 0 Å². The molecular formula is C27H22N2O4S. The van der Waals surface area contributed by atoms with E-state index in [4.69, 9.17) is 9.47 Å². The van der Waals surface area contributed by atoms with Gasteiger partial charge in [0.2, 0.25) is 0 Å². The molecule has 0 N–H and O–H groups in total. The lowest BCUT2D eigenvalue weighted by Crippen LogP contribution is -2.23. The molecule has 0 aliphatic heterocycles. The Bertz CT molecular complexity index is 1530. The number of benzene rings is 3. The third-order valence-electron chi connectivity index (χ3n) is 5.65. The predicted molar refractivity (Wildman–Crippen MR) is 134 cm³/mol. The van der Waals surface area contributed by atoms with Crippen LogP contribution >= 0.6 is 11.3 Å². The first-order valence-corrected chi connectivity index (χ1v) is 11.7. The summed E-state index contributed by atoms with van der Waals surface area (Å²) in [6.45, 7) is 2.60. The van der Waals surface area contributed by atoms with Crippen LogP contribution in [-0.4, -0.2) is 22.1 Å². The molecule has 0 saturated heterocycles. The van der Waals surface area contributed by atoms with E-state index in [9.17, 15) is 9.59 Å². The predicted octanol–water partition coefficient (Wildman–Crippen LogP) is 5.36. The minimum atomic E-state index is -0.449. The van der Waals surface area contributed by atoms with Crippen LogP contribution < -0.4 is 10.3 Å². The molecule has 0 saturated carbocycles. The molecule has 0 spiro atoms. The van der Waals surface area contributed by atoms with Crippen LogP contribution in [0.5, 0.6) is 5.75 Å². The third kappa shape index (κ3) is 4.30. The van der Waals surface area contributed by atoms with Crippen molar-refractivity contribution in [2.24, 2.45) is 0 Å². The van der Waals surface area contributed by atoms with Crippen molar-refractivity contribution in [3.8, 4) is 5.75 Å². The van der Waals surface area contributed by atoms with Crippen LogP contribution in [0.4, 0.5) is 0 Å². The number of carbonyl (C=O) groups excluding carboxylic acids is 1. The van der Waals surface area contributed by atoms with Crippen molar-refractivity contribution < 1.29 is 14.3 Å². The van der Waals surface area contributed by atoms with Gasteiger partial charge in [-0.25, -0.2) is 9.78 Å². The molecule has 0 amide bonds. The largest absolute Gasteiger partial charge is 0.491 e. The van der Waals surface area contributed by atoms with Crippen LogP contribution in [0, 0.1) is 6.92 Å². The molecule has 5 aromatic rings. The molecule has 0 unspecified atom stereocenters. The molecule has 6 nitrogen and oxygen atoms in total. The Balaban J connectivity index is 1.32. The van der Waals surface area contributed by atoms with E-state index in [-0.39, 0.29) is 12.2 Å². The first-order valence-electron chi connectivity index (χ1n) is 10.9. The minimum absolute atomic E-state index is 0.177. The number of ether oxygens (including phenoxy) is 2. The van der Waals surface area contributed by atoms with Crippen molar-refractivity contribution >= 4 is 38.3 Å². The summed E-state index contributed by atoms with van der Waals surface area (Å²) in [5.74, 6) is 0.324. The Hall–Kier alpha value is -3.97. The van der Waals surface area contributed by atoms with Gasteiger partial charge in [0.25, 0.3) is 5.56 Å². The molecule has 0 radical (unpaired) electrons. The second-order valence-electron chi connectivity index (χ2n) is 7.87. The fourth-order valence-corrected chi connectivity index (χ4v) is 4.91. The number of aromatic nitrogens is 2. The fraction of sp³-hybridized carbons (Fsp3) is 0.148. The highest BCUT2D eigenvalue weighted by molar-refractivity contribution is 7.20. The van der Waals surface area contributed by atoms with E-state index >= 15 is 0 Å². The first kappa shape index (κ1) is 21.9. The topological polar surface area (TPSA) is 70.4 Å². The summed E-state index contributed by atoms with van der Waals surface area (Å²) in [6, 6.07) is 23.4. The van der Waals surface area contributed by atoms with Gasteiger partial charge in [0.1, 0.15) is 28.7 Å². The zero-order valence-corrected chi connectivity index (χ0v) is 19.4. The molecule has 7 heteroatoms. The lowest BCUT2D eigenvalue weighted by atomic mass is 10.1. The van der Waals surface area contributed by atoms with Crippen LogP contribution in [0.1, 0.15) is 20.8 Å². The summed E-state index contributed by atoms with van der Waals surface area (Å²) in [6.07, 6.45) is 1.51. The SMILES string of the molecule is Cc1c(C(=O)OCc2ccccc2)sc2ncn(CCOc3cccc4ccccc34)c(=O)c12. The number of esters is 1. The van der Waals surface area contributed by atoms with E-state index in [1.165, 1.54) is 22.2 Å². The van der Waals surface area contributed by atoms with Gasteiger partial charge in [-0.2, -0.15) is 0 Å². The van der Waals surface area contributed by atoms with Crippen molar-refractivity contribution in [3.05, 3.63) is 105 Å². The number of nitrogens with zero attached hydrogens (tertiary/aromatic N) is 2. The molecule has 3 aromatic carbocycles. The van der Waals surface area contributed by atoms with Gasteiger partial charge in [0, 0.05) is 5.39 Å². The molecule has 170 valence electrons. The summed E-state index contributed by atoms with van der Waals surface area (Å²) in [7, 11) is 0. The number of hydrogen-bond acceptors (Lipinski definition) is 6. The normalized spacial score (nSPS) is 11.1. The van der Waals surface area contributed by atoms with Gasteiger partial charge in [0.05, 0.1) is 18.3 Å². The Labute approximate surface area is 200 Å². The van der Waals surface area contributed by atoms with E-state index < -0.39 is 5.97 Å². The maximum Gasteiger partial charge on any atom is 0.349 e. The van der Waals surface area contributed by atoms with Crippen LogP contribution in [-0.2, 0) is 17.9 Å². The zero-order valence-electron chi connectivity index (χ0n) is 18.6. The molecule has 0 fully saturated rings. The lowest BCUT2D eigenvalue weighted by Gasteiger charge is -2.10. The number of hydrogen-bond donors (Lipinski definition) is 0. The second-order valence-corrected chi connectivity index (χ2v) is 8.87. The Morgan fingerprint density at radius 2 is 1.76 bits per heavy atom. The standard InChI is InChI=1S/C27H22N2O4S/c1-18-23-25(34-24(18)27(31)33-16-19-8-3-2-4-9-19)28-17-29(26(23)30)14-15-32-22-13-7-11-20-10-5-6-12-21(20)22/h2-13,17H,14-16H2,1H3. The van der Waals surface area contributed by atoms with Gasteiger partial charge in [-0.1, -0.05) is 66.7 Å². The second kappa shape index (κ2) is 9.49. The summed E-state index contributed by atoms with van der Waals surface area (Å²) < 4.78 is 13.0. The molecule has 34 heavy (non-hydrogen) atoms. The number of carbonyl (C=O) groups is 1. The Kier molecular flexibility index (Phi) is 6.10. The molecule has 0 aliphatic rings. The van der Waals surface area contributed by atoms with E-state index in [1.54, 1.807) is 6.92 Å². The molecule has 2 heterocycles. The molecular weight excluding hydrogens is 448 g/mol. The van der Waals surface area contributed by atoms with Crippen molar-refractivity contribution in [1.82, 2.24) is 9.55 Å². The summed E-state index contributed by atoms with van der Waals surface area (Å²) in [4.78, 5) is 31.2. The highest BCUT2D eigenvalue weighted by Gasteiger charge is 2.20. The van der Waals surface area contributed by atoms with Crippen LogP contribution in [0.15, 0.2) is 83.9 Å². The molecule has 0 atom stereocenters. The molecule has 2 aromatic heterocycles. The molecule has 5 rings (SSSR count). The van der Waals surface area contributed by atoms with E-state index in [0.717, 1.165) is 22.1 Å². The average Bonchev–Trinajstić information content (AvgIpc) is 3.21. The van der Waals surface area contributed by atoms with Crippen LogP contribution in [0.3, 0.4) is 0 Å². The number of aryl methyl sites for hydroxylation is 1. The fourth-order valence-electron chi connectivity index (χ4n) is 3.88. The zero-order chi connectivity index (χ0) is 23.5. The highest BCUT2D eigenvalue weighted by atomic mass is 32.1. The minimum Gasteiger partial charge on any atom is -0.491 e. The van der Waals surface area contributed by atoms with Crippen molar-refractivity contribution in [2.45, 2.75) is 20.1 Å². The lowest BCUT2D eigenvalue weighted by molar-refractivity contribution is 0.0478. The summed E-state index contributed by atoms with van der Waals surface area (Å²) in [5, 5.41) is 2.57. The monoisotopic (exact) mass is 470 g/mol.